The Labute approximate surface area is 133 Å². The lowest BCUT2D eigenvalue weighted by Crippen LogP contribution is -2.38. The van der Waals surface area contributed by atoms with Gasteiger partial charge in [0.05, 0.1) is 17.7 Å². The zero-order valence-electron chi connectivity index (χ0n) is 11.9. The third-order valence-corrected chi connectivity index (χ3v) is 4.01. The van der Waals surface area contributed by atoms with Crippen LogP contribution in [0.5, 0.6) is 5.75 Å². The number of benzene rings is 1. The number of carboxylic acids is 1. The first kappa shape index (κ1) is 16.3. The second-order valence-electron chi connectivity index (χ2n) is 4.96. The summed E-state index contributed by atoms with van der Waals surface area (Å²) in [4.78, 5) is 12.9. The summed E-state index contributed by atoms with van der Waals surface area (Å²) in [7, 11) is 0. The maximum Gasteiger partial charge on any atom is 0.303 e. The molecule has 1 aliphatic rings. The van der Waals surface area contributed by atoms with Crippen molar-refractivity contribution >= 4 is 21.9 Å². The molecule has 6 heteroatoms. The molecule has 0 aromatic heterocycles. The first-order chi connectivity index (χ1) is 10.1. The van der Waals surface area contributed by atoms with Crippen molar-refractivity contribution < 1.29 is 19.4 Å². The number of aliphatic carboxylic acids is 1. The van der Waals surface area contributed by atoms with Gasteiger partial charge in [0.2, 0.25) is 0 Å². The molecule has 0 radical (unpaired) electrons. The fourth-order valence-electron chi connectivity index (χ4n) is 2.18. The summed E-state index contributed by atoms with van der Waals surface area (Å²) in [5, 5.41) is 8.69. The number of hydrogen-bond donors (Lipinski definition) is 1. The summed E-state index contributed by atoms with van der Waals surface area (Å²) in [6, 6.07) is 5.73. The molecule has 0 bridgehead atoms. The van der Waals surface area contributed by atoms with E-state index in [0.29, 0.717) is 13.0 Å². The van der Waals surface area contributed by atoms with E-state index >= 15 is 0 Å². The molecule has 1 aliphatic heterocycles. The van der Waals surface area contributed by atoms with Gasteiger partial charge in [-0.25, -0.2) is 0 Å². The lowest BCUT2D eigenvalue weighted by Gasteiger charge is -2.26. The molecule has 1 N–H and O–H groups in total. The maximum atomic E-state index is 10.6. The van der Waals surface area contributed by atoms with Crippen molar-refractivity contribution in [1.82, 2.24) is 4.90 Å². The van der Waals surface area contributed by atoms with Crippen molar-refractivity contribution in [2.24, 2.45) is 0 Å². The van der Waals surface area contributed by atoms with E-state index in [0.717, 1.165) is 48.6 Å². The number of rotatable bonds is 7. The molecule has 21 heavy (non-hydrogen) atoms. The monoisotopic (exact) mass is 357 g/mol. The maximum absolute atomic E-state index is 10.6. The minimum Gasteiger partial charge on any atom is -0.491 e. The zero-order valence-corrected chi connectivity index (χ0v) is 13.5. The van der Waals surface area contributed by atoms with Gasteiger partial charge in [-0.05, 0) is 40.0 Å². The molecule has 0 amide bonds. The smallest absolute Gasteiger partial charge is 0.303 e. The second kappa shape index (κ2) is 8.36. The Morgan fingerprint density at radius 3 is 2.81 bits per heavy atom. The van der Waals surface area contributed by atoms with E-state index in [2.05, 4.69) is 20.8 Å². The number of halogens is 1. The highest BCUT2D eigenvalue weighted by Gasteiger charge is 2.10. The molecular formula is C15H20BrNO4. The Kier molecular flexibility index (Phi) is 6.48. The van der Waals surface area contributed by atoms with Crippen molar-refractivity contribution in [2.75, 3.05) is 39.5 Å². The SMILES string of the molecule is O=C(O)CCc1ccc(OCCN2CCOCC2)c(Br)c1. The van der Waals surface area contributed by atoms with Gasteiger partial charge in [0, 0.05) is 26.1 Å². The Morgan fingerprint density at radius 1 is 1.38 bits per heavy atom. The topological polar surface area (TPSA) is 59.0 Å². The summed E-state index contributed by atoms with van der Waals surface area (Å²) < 4.78 is 11.9. The van der Waals surface area contributed by atoms with Gasteiger partial charge in [0.1, 0.15) is 12.4 Å². The Bertz CT molecular complexity index is 475. The molecule has 2 rings (SSSR count). The predicted molar refractivity (Wildman–Crippen MR) is 82.9 cm³/mol. The number of morpholine rings is 1. The summed E-state index contributed by atoms with van der Waals surface area (Å²) >= 11 is 3.47. The highest BCUT2D eigenvalue weighted by atomic mass is 79.9. The van der Waals surface area contributed by atoms with E-state index in [1.54, 1.807) is 0 Å². The van der Waals surface area contributed by atoms with E-state index in [-0.39, 0.29) is 6.42 Å². The molecule has 0 atom stereocenters. The third kappa shape index (κ3) is 5.65. The van der Waals surface area contributed by atoms with Crippen LogP contribution in [0.4, 0.5) is 0 Å². The van der Waals surface area contributed by atoms with Crippen LogP contribution >= 0.6 is 15.9 Å². The first-order valence-corrected chi connectivity index (χ1v) is 7.87. The number of aryl methyl sites for hydroxylation is 1. The van der Waals surface area contributed by atoms with Crippen LogP contribution in [0.2, 0.25) is 0 Å². The van der Waals surface area contributed by atoms with E-state index in [9.17, 15) is 4.79 Å². The Hall–Kier alpha value is -1.11. The van der Waals surface area contributed by atoms with Gasteiger partial charge in [0.15, 0.2) is 0 Å². The number of carbonyl (C=O) groups is 1. The van der Waals surface area contributed by atoms with Crippen molar-refractivity contribution in [3.05, 3.63) is 28.2 Å². The summed E-state index contributed by atoms with van der Waals surface area (Å²) in [5.74, 6) is 0.0132. The molecular weight excluding hydrogens is 338 g/mol. The zero-order chi connectivity index (χ0) is 15.1. The fraction of sp³-hybridized carbons (Fsp3) is 0.533. The van der Waals surface area contributed by atoms with Crippen LogP contribution in [0.25, 0.3) is 0 Å². The van der Waals surface area contributed by atoms with Crippen LogP contribution in [-0.2, 0) is 16.0 Å². The Morgan fingerprint density at radius 2 is 2.14 bits per heavy atom. The average Bonchev–Trinajstić information content (AvgIpc) is 2.48. The summed E-state index contributed by atoms with van der Waals surface area (Å²) in [6.45, 7) is 5.02. The molecule has 0 spiro atoms. The van der Waals surface area contributed by atoms with E-state index in [1.165, 1.54) is 0 Å². The molecule has 0 unspecified atom stereocenters. The number of nitrogens with zero attached hydrogens (tertiary/aromatic N) is 1. The molecule has 1 saturated heterocycles. The van der Waals surface area contributed by atoms with Crippen molar-refractivity contribution in [3.63, 3.8) is 0 Å². The van der Waals surface area contributed by atoms with Crippen LogP contribution in [0.15, 0.2) is 22.7 Å². The molecule has 1 aromatic rings. The van der Waals surface area contributed by atoms with Gasteiger partial charge < -0.3 is 14.6 Å². The third-order valence-electron chi connectivity index (χ3n) is 3.39. The second-order valence-corrected chi connectivity index (χ2v) is 5.82. The number of ether oxygens (including phenoxy) is 2. The summed E-state index contributed by atoms with van der Waals surface area (Å²) in [5.41, 5.74) is 0.991. The normalized spacial score (nSPS) is 15.9. The van der Waals surface area contributed by atoms with Crippen molar-refractivity contribution in [3.8, 4) is 5.75 Å². The van der Waals surface area contributed by atoms with Gasteiger partial charge in [-0.3, -0.25) is 9.69 Å². The van der Waals surface area contributed by atoms with Crippen molar-refractivity contribution in [1.29, 1.82) is 0 Å². The minimum atomic E-state index is -0.781. The average molecular weight is 358 g/mol. The highest BCUT2D eigenvalue weighted by Crippen LogP contribution is 2.26. The molecule has 1 heterocycles. The lowest BCUT2D eigenvalue weighted by molar-refractivity contribution is -0.136. The summed E-state index contributed by atoms with van der Waals surface area (Å²) in [6.07, 6.45) is 0.672. The van der Waals surface area contributed by atoms with Crippen LogP contribution < -0.4 is 4.74 Å². The number of hydrogen-bond acceptors (Lipinski definition) is 4. The van der Waals surface area contributed by atoms with Crippen LogP contribution in [0.3, 0.4) is 0 Å². The quantitative estimate of drug-likeness (QED) is 0.810. The molecule has 1 fully saturated rings. The highest BCUT2D eigenvalue weighted by molar-refractivity contribution is 9.10. The van der Waals surface area contributed by atoms with E-state index in [1.807, 2.05) is 18.2 Å². The van der Waals surface area contributed by atoms with Gasteiger partial charge in [-0.15, -0.1) is 0 Å². The van der Waals surface area contributed by atoms with Crippen LogP contribution in [0, 0.1) is 0 Å². The Balaban J connectivity index is 1.78. The molecule has 0 aliphatic carbocycles. The molecule has 5 nitrogen and oxygen atoms in total. The first-order valence-electron chi connectivity index (χ1n) is 7.08. The van der Waals surface area contributed by atoms with Gasteiger partial charge in [-0.2, -0.15) is 0 Å². The van der Waals surface area contributed by atoms with E-state index < -0.39 is 5.97 Å². The van der Waals surface area contributed by atoms with Crippen LogP contribution in [-0.4, -0.2) is 55.4 Å². The van der Waals surface area contributed by atoms with Crippen LogP contribution in [0.1, 0.15) is 12.0 Å². The minimum absolute atomic E-state index is 0.143. The fourth-order valence-corrected chi connectivity index (χ4v) is 2.72. The predicted octanol–water partition coefficient (Wildman–Crippen LogP) is 2.18. The molecule has 0 saturated carbocycles. The van der Waals surface area contributed by atoms with Gasteiger partial charge >= 0.3 is 5.97 Å². The van der Waals surface area contributed by atoms with Gasteiger partial charge in [-0.1, -0.05) is 6.07 Å². The number of carboxylic acid groups (broad SMARTS) is 1. The van der Waals surface area contributed by atoms with E-state index in [4.69, 9.17) is 14.6 Å². The molecule has 116 valence electrons. The molecule has 1 aromatic carbocycles. The largest absolute Gasteiger partial charge is 0.491 e. The van der Waals surface area contributed by atoms with Crippen molar-refractivity contribution in [2.45, 2.75) is 12.8 Å². The van der Waals surface area contributed by atoms with Gasteiger partial charge in [0.25, 0.3) is 0 Å². The standard InChI is InChI=1S/C15H20BrNO4/c16-13-11-12(2-4-15(18)19)1-3-14(13)21-10-7-17-5-8-20-9-6-17/h1,3,11H,2,4-10H2,(H,18,19). The lowest BCUT2D eigenvalue weighted by atomic mass is 10.1.